The van der Waals surface area contributed by atoms with E-state index < -0.39 is 0 Å². The van der Waals surface area contributed by atoms with Gasteiger partial charge in [-0.15, -0.1) is 5.10 Å². The van der Waals surface area contributed by atoms with E-state index in [1.807, 2.05) is 16.9 Å². The van der Waals surface area contributed by atoms with Crippen molar-refractivity contribution in [3.63, 3.8) is 0 Å². The molecule has 0 radical (unpaired) electrons. The molecule has 0 N–H and O–H groups in total. The van der Waals surface area contributed by atoms with Gasteiger partial charge in [-0.25, -0.2) is 9.50 Å². The van der Waals surface area contributed by atoms with Crippen molar-refractivity contribution in [2.24, 2.45) is 0 Å². The van der Waals surface area contributed by atoms with E-state index >= 15 is 0 Å². The Hall–Kier alpha value is -1.95. The number of anilines is 1. The Morgan fingerprint density at radius 1 is 1.16 bits per heavy atom. The quantitative estimate of drug-likeness (QED) is 0.710. The van der Waals surface area contributed by atoms with Crippen molar-refractivity contribution in [3.8, 4) is 0 Å². The molecule has 1 saturated carbocycles. The summed E-state index contributed by atoms with van der Waals surface area (Å²) in [5.41, 5.74) is 3.97. The minimum absolute atomic E-state index is 0.555. The Bertz CT molecular complexity index is 861. The molecule has 1 aliphatic carbocycles. The molecule has 6 heteroatoms. The van der Waals surface area contributed by atoms with E-state index in [2.05, 4.69) is 29.1 Å². The zero-order valence-electron chi connectivity index (χ0n) is 14.6. The molecule has 2 fully saturated rings. The molecule has 5 nitrogen and oxygen atoms in total. The van der Waals surface area contributed by atoms with E-state index in [0.717, 1.165) is 23.2 Å². The molecule has 5 rings (SSSR count). The molecule has 1 aliphatic heterocycles. The SMILES string of the molecule is Cc1ccncc1C1CCN(c2nn3cc(C4CCCC4)nc3s2)C1. The number of imidazole rings is 1. The summed E-state index contributed by atoms with van der Waals surface area (Å²) in [5.74, 6) is 1.21. The fourth-order valence-corrected chi connectivity index (χ4v) is 5.27. The average Bonchev–Trinajstić information content (AvgIpc) is 3.36. The van der Waals surface area contributed by atoms with E-state index in [0.29, 0.717) is 11.8 Å². The molecular formula is C19H23N5S. The van der Waals surface area contributed by atoms with Crippen LogP contribution in [-0.4, -0.2) is 32.7 Å². The van der Waals surface area contributed by atoms with Crippen LogP contribution in [0.4, 0.5) is 5.13 Å². The maximum Gasteiger partial charge on any atom is 0.214 e. The van der Waals surface area contributed by atoms with Crippen LogP contribution < -0.4 is 4.90 Å². The van der Waals surface area contributed by atoms with Gasteiger partial charge >= 0.3 is 0 Å². The highest BCUT2D eigenvalue weighted by Gasteiger charge is 2.28. The summed E-state index contributed by atoms with van der Waals surface area (Å²) in [7, 11) is 0. The Kier molecular flexibility index (Phi) is 3.73. The second-order valence-electron chi connectivity index (χ2n) is 7.42. The van der Waals surface area contributed by atoms with Crippen molar-refractivity contribution in [1.29, 1.82) is 0 Å². The van der Waals surface area contributed by atoms with Gasteiger partial charge in [-0.05, 0) is 43.4 Å². The monoisotopic (exact) mass is 353 g/mol. The standard InChI is InChI=1S/C19H23N5S/c1-13-6-8-20-10-16(13)15-7-9-23(11-15)19-22-24-12-17(21-18(24)25-19)14-4-2-3-5-14/h6,8,10,12,14-15H,2-5,7,9,11H2,1H3. The van der Waals surface area contributed by atoms with E-state index in [-0.39, 0.29) is 0 Å². The lowest BCUT2D eigenvalue weighted by Gasteiger charge is -2.15. The third-order valence-electron chi connectivity index (χ3n) is 5.80. The van der Waals surface area contributed by atoms with Gasteiger partial charge in [0.05, 0.1) is 11.9 Å². The van der Waals surface area contributed by atoms with Gasteiger partial charge in [0.1, 0.15) is 0 Å². The lowest BCUT2D eigenvalue weighted by atomic mass is 9.96. The van der Waals surface area contributed by atoms with Crippen molar-refractivity contribution in [3.05, 3.63) is 41.5 Å². The van der Waals surface area contributed by atoms with Crippen LogP contribution in [0.1, 0.15) is 60.8 Å². The van der Waals surface area contributed by atoms with Gasteiger partial charge in [0.25, 0.3) is 0 Å². The van der Waals surface area contributed by atoms with Gasteiger partial charge in [0.15, 0.2) is 0 Å². The summed E-state index contributed by atoms with van der Waals surface area (Å²) in [6, 6.07) is 2.11. The van der Waals surface area contributed by atoms with Crippen LogP contribution in [0.5, 0.6) is 0 Å². The van der Waals surface area contributed by atoms with E-state index in [1.54, 1.807) is 11.3 Å². The third-order valence-corrected chi connectivity index (χ3v) is 6.79. The fourth-order valence-electron chi connectivity index (χ4n) is 4.34. The smallest absolute Gasteiger partial charge is 0.214 e. The second-order valence-corrected chi connectivity index (χ2v) is 8.36. The number of aromatic nitrogens is 4. The van der Waals surface area contributed by atoms with E-state index in [9.17, 15) is 0 Å². The summed E-state index contributed by atoms with van der Waals surface area (Å²) in [5, 5.41) is 5.92. The zero-order chi connectivity index (χ0) is 16.8. The number of hydrogen-bond acceptors (Lipinski definition) is 5. The van der Waals surface area contributed by atoms with Crippen molar-refractivity contribution >= 4 is 21.4 Å². The first-order valence-electron chi connectivity index (χ1n) is 9.29. The Morgan fingerprint density at radius 2 is 2.04 bits per heavy atom. The molecule has 1 atom stereocenters. The number of rotatable bonds is 3. The van der Waals surface area contributed by atoms with Gasteiger partial charge < -0.3 is 4.90 Å². The number of aryl methyl sites for hydroxylation is 1. The molecule has 3 aromatic rings. The first kappa shape index (κ1) is 15.3. The number of fused-ring (bicyclic) bond motifs is 1. The first-order valence-corrected chi connectivity index (χ1v) is 10.1. The van der Waals surface area contributed by atoms with Crippen LogP contribution in [0.15, 0.2) is 24.7 Å². The minimum atomic E-state index is 0.555. The third kappa shape index (κ3) is 2.72. The highest BCUT2D eigenvalue weighted by Crippen LogP contribution is 2.36. The minimum Gasteiger partial charge on any atom is -0.346 e. The molecule has 3 aromatic heterocycles. The molecule has 0 aromatic carbocycles. The molecule has 1 saturated heterocycles. The molecule has 0 spiro atoms. The molecule has 2 aliphatic rings. The predicted octanol–water partition coefficient (Wildman–Crippen LogP) is 4.15. The van der Waals surface area contributed by atoms with Crippen LogP contribution in [0, 0.1) is 6.92 Å². The summed E-state index contributed by atoms with van der Waals surface area (Å²) >= 11 is 1.73. The lowest BCUT2D eigenvalue weighted by molar-refractivity contribution is 0.702. The van der Waals surface area contributed by atoms with Gasteiger partial charge in [0.2, 0.25) is 10.1 Å². The normalized spacial score (nSPS) is 21.6. The van der Waals surface area contributed by atoms with Gasteiger partial charge in [-0.2, -0.15) is 0 Å². The molecule has 25 heavy (non-hydrogen) atoms. The van der Waals surface area contributed by atoms with E-state index in [4.69, 9.17) is 10.1 Å². The number of hydrogen-bond donors (Lipinski definition) is 0. The van der Waals surface area contributed by atoms with Gasteiger partial charge in [0, 0.05) is 37.3 Å². The molecule has 4 heterocycles. The van der Waals surface area contributed by atoms with Gasteiger partial charge in [-0.3, -0.25) is 4.98 Å². The summed E-state index contributed by atoms with van der Waals surface area (Å²) in [6.45, 7) is 4.27. The highest BCUT2D eigenvalue weighted by atomic mass is 32.1. The highest BCUT2D eigenvalue weighted by molar-refractivity contribution is 7.20. The lowest BCUT2D eigenvalue weighted by Crippen LogP contribution is -2.19. The Morgan fingerprint density at radius 3 is 2.84 bits per heavy atom. The molecular weight excluding hydrogens is 330 g/mol. The van der Waals surface area contributed by atoms with Crippen LogP contribution in [0.25, 0.3) is 4.96 Å². The number of nitrogens with zero attached hydrogens (tertiary/aromatic N) is 5. The van der Waals surface area contributed by atoms with Crippen molar-refractivity contribution < 1.29 is 0 Å². The second kappa shape index (κ2) is 6.09. The fraction of sp³-hybridized carbons (Fsp3) is 0.526. The topological polar surface area (TPSA) is 46.3 Å². The maximum atomic E-state index is 4.86. The summed E-state index contributed by atoms with van der Waals surface area (Å²) < 4.78 is 2.00. The van der Waals surface area contributed by atoms with Gasteiger partial charge in [-0.1, -0.05) is 24.2 Å². The van der Waals surface area contributed by atoms with E-state index in [1.165, 1.54) is 48.9 Å². The molecule has 0 amide bonds. The summed E-state index contributed by atoms with van der Waals surface area (Å²) in [6.07, 6.45) is 12.5. The van der Waals surface area contributed by atoms with Crippen LogP contribution in [0.2, 0.25) is 0 Å². The van der Waals surface area contributed by atoms with Crippen LogP contribution in [0.3, 0.4) is 0 Å². The summed E-state index contributed by atoms with van der Waals surface area (Å²) in [4.78, 5) is 12.6. The van der Waals surface area contributed by atoms with Crippen molar-refractivity contribution in [1.82, 2.24) is 19.6 Å². The van der Waals surface area contributed by atoms with Crippen LogP contribution >= 0.6 is 11.3 Å². The Balaban J connectivity index is 1.35. The maximum absolute atomic E-state index is 4.86. The Labute approximate surface area is 151 Å². The molecule has 130 valence electrons. The number of pyridine rings is 1. The zero-order valence-corrected chi connectivity index (χ0v) is 15.4. The first-order chi connectivity index (χ1) is 12.3. The van der Waals surface area contributed by atoms with Crippen molar-refractivity contribution in [2.75, 3.05) is 18.0 Å². The molecule has 1 unspecified atom stereocenters. The largest absolute Gasteiger partial charge is 0.346 e. The van der Waals surface area contributed by atoms with Crippen LogP contribution in [-0.2, 0) is 0 Å². The molecule has 0 bridgehead atoms. The van der Waals surface area contributed by atoms with Crippen molar-refractivity contribution in [2.45, 2.75) is 50.9 Å². The predicted molar refractivity (Wildman–Crippen MR) is 101 cm³/mol. The average molecular weight is 353 g/mol.